The van der Waals surface area contributed by atoms with Gasteiger partial charge in [-0.15, -0.1) is 0 Å². The summed E-state index contributed by atoms with van der Waals surface area (Å²) in [5.41, 5.74) is 2.29. The second-order valence-electron chi connectivity index (χ2n) is 13.8. The van der Waals surface area contributed by atoms with Gasteiger partial charge in [-0.2, -0.15) is 0 Å². The van der Waals surface area contributed by atoms with E-state index in [4.69, 9.17) is 4.74 Å². The summed E-state index contributed by atoms with van der Waals surface area (Å²) in [6.45, 7) is 12.5. The summed E-state index contributed by atoms with van der Waals surface area (Å²) in [5.74, 6) is -1.13. The van der Waals surface area contributed by atoms with Crippen LogP contribution in [0.1, 0.15) is 70.6 Å². The third kappa shape index (κ3) is 11.8. The topological polar surface area (TPSA) is 120 Å². The number of alkyl carbamates (subject to hydrolysis) is 1. The van der Waals surface area contributed by atoms with E-state index in [0.717, 1.165) is 29.5 Å². The van der Waals surface area contributed by atoms with Crippen LogP contribution in [-0.4, -0.2) is 77.9 Å². The van der Waals surface area contributed by atoms with Gasteiger partial charge in [0.1, 0.15) is 11.6 Å². The lowest BCUT2D eigenvalue weighted by Crippen LogP contribution is -2.55. The third-order valence-corrected chi connectivity index (χ3v) is 8.41. The molecule has 1 aliphatic rings. The molecule has 0 bridgehead atoms. The Labute approximate surface area is 269 Å². The molecule has 0 spiro atoms. The molecule has 1 saturated heterocycles. The summed E-state index contributed by atoms with van der Waals surface area (Å²) in [6.07, 6.45) is 0.866. The van der Waals surface area contributed by atoms with E-state index in [9.17, 15) is 19.5 Å². The monoisotopic (exact) mass is 622 g/mol. The minimum atomic E-state index is -1.06. The van der Waals surface area contributed by atoms with E-state index in [0.29, 0.717) is 32.0 Å². The van der Waals surface area contributed by atoms with Gasteiger partial charge in [0.25, 0.3) is 0 Å². The second-order valence-corrected chi connectivity index (χ2v) is 13.8. The predicted octanol–water partition coefficient (Wildman–Crippen LogP) is 4.39. The van der Waals surface area contributed by atoms with Crippen molar-refractivity contribution in [2.45, 2.75) is 103 Å². The molecule has 3 amide bonds. The number of piperidine rings is 1. The maximum atomic E-state index is 14.0. The van der Waals surface area contributed by atoms with Crippen LogP contribution in [0.3, 0.4) is 0 Å². The highest BCUT2D eigenvalue weighted by molar-refractivity contribution is 5.89. The third-order valence-electron chi connectivity index (χ3n) is 8.41. The number of aliphatic hydroxyl groups excluding tert-OH is 1. The molecule has 0 aromatic heterocycles. The normalized spacial score (nSPS) is 16.9. The summed E-state index contributed by atoms with van der Waals surface area (Å²) in [4.78, 5) is 42.3. The van der Waals surface area contributed by atoms with Crippen molar-refractivity contribution < 1.29 is 24.2 Å². The molecule has 9 nitrogen and oxygen atoms in total. The molecular weight excluding hydrogens is 568 g/mol. The van der Waals surface area contributed by atoms with Gasteiger partial charge in [-0.05, 0) is 83.9 Å². The number of aryl methyl sites for hydroxylation is 1. The van der Waals surface area contributed by atoms with Crippen LogP contribution in [0, 0.1) is 18.8 Å². The van der Waals surface area contributed by atoms with E-state index in [2.05, 4.69) is 16.0 Å². The number of amides is 3. The lowest BCUT2D eigenvalue weighted by molar-refractivity contribution is -0.139. The number of benzene rings is 2. The van der Waals surface area contributed by atoms with Crippen molar-refractivity contribution in [3.8, 4) is 0 Å². The average molecular weight is 623 g/mol. The Morgan fingerprint density at radius 3 is 2.09 bits per heavy atom. The fraction of sp³-hybridized carbons (Fsp3) is 0.583. The fourth-order valence-electron chi connectivity index (χ4n) is 5.73. The first kappa shape index (κ1) is 36.0. The van der Waals surface area contributed by atoms with Gasteiger partial charge in [0.2, 0.25) is 11.8 Å². The van der Waals surface area contributed by atoms with Gasteiger partial charge in [-0.3, -0.25) is 9.59 Å². The number of carbonyl (C=O) groups is 3. The maximum Gasteiger partial charge on any atom is 0.407 e. The van der Waals surface area contributed by atoms with Crippen molar-refractivity contribution >= 4 is 17.9 Å². The molecule has 45 heavy (non-hydrogen) atoms. The molecule has 4 N–H and O–H groups in total. The molecule has 0 saturated carbocycles. The van der Waals surface area contributed by atoms with Crippen molar-refractivity contribution in [1.29, 1.82) is 0 Å². The zero-order valence-corrected chi connectivity index (χ0v) is 28.1. The van der Waals surface area contributed by atoms with Gasteiger partial charge in [0.05, 0.1) is 12.1 Å². The van der Waals surface area contributed by atoms with E-state index in [1.165, 1.54) is 0 Å². The minimum Gasteiger partial charge on any atom is -0.444 e. The van der Waals surface area contributed by atoms with Crippen molar-refractivity contribution in [2.24, 2.45) is 11.8 Å². The van der Waals surface area contributed by atoms with Crippen LogP contribution < -0.4 is 16.0 Å². The average Bonchev–Trinajstić information content (AvgIpc) is 2.99. The smallest absolute Gasteiger partial charge is 0.407 e. The van der Waals surface area contributed by atoms with Crippen LogP contribution in [0.25, 0.3) is 0 Å². The molecule has 248 valence electrons. The van der Waals surface area contributed by atoms with Gasteiger partial charge in [0.15, 0.2) is 0 Å². The number of nitrogens with zero attached hydrogens (tertiary/aromatic N) is 1. The number of ether oxygens (including phenoxy) is 1. The van der Waals surface area contributed by atoms with Crippen molar-refractivity contribution in [3.63, 3.8) is 0 Å². The van der Waals surface area contributed by atoms with E-state index >= 15 is 0 Å². The SMILES string of the molecule is CNC1CCN(C(=O)[C@@H](NC(=O)[C@H](Cc2ccc(C)cc2)C[C@H](O)[C@H](Cc2ccccc2)NC(=O)OC(C)(C)C)C(C)C)CC1. The molecule has 1 aliphatic heterocycles. The van der Waals surface area contributed by atoms with Gasteiger partial charge < -0.3 is 30.7 Å². The highest BCUT2D eigenvalue weighted by Gasteiger charge is 2.35. The first-order valence-electron chi connectivity index (χ1n) is 16.3. The molecule has 2 aromatic rings. The zero-order chi connectivity index (χ0) is 33.1. The number of hydrogen-bond donors (Lipinski definition) is 4. The molecule has 0 unspecified atom stereocenters. The number of aliphatic hydroxyl groups is 1. The lowest BCUT2D eigenvalue weighted by Gasteiger charge is -2.36. The number of rotatable bonds is 13. The van der Waals surface area contributed by atoms with E-state index in [1.807, 2.05) is 87.3 Å². The number of likely N-dealkylation sites (tertiary alicyclic amines) is 1. The quantitative estimate of drug-likeness (QED) is 0.263. The van der Waals surface area contributed by atoms with Crippen LogP contribution in [0.5, 0.6) is 0 Å². The number of hydrogen-bond acceptors (Lipinski definition) is 6. The van der Waals surface area contributed by atoms with E-state index < -0.39 is 35.8 Å². The van der Waals surface area contributed by atoms with E-state index in [-0.39, 0.29) is 24.2 Å². The Morgan fingerprint density at radius 2 is 1.53 bits per heavy atom. The Balaban J connectivity index is 1.83. The van der Waals surface area contributed by atoms with Gasteiger partial charge in [0, 0.05) is 25.0 Å². The Morgan fingerprint density at radius 1 is 0.933 bits per heavy atom. The molecule has 2 aromatic carbocycles. The van der Waals surface area contributed by atoms with Crippen molar-refractivity contribution in [1.82, 2.24) is 20.9 Å². The van der Waals surface area contributed by atoms with Crippen LogP contribution >= 0.6 is 0 Å². The highest BCUT2D eigenvalue weighted by Crippen LogP contribution is 2.21. The first-order chi connectivity index (χ1) is 21.3. The molecule has 1 fully saturated rings. The van der Waals surface area contributed by atoms with Gasteiger partial charge >= 0.3 is 6.09 Å². The van der Waals surface area contributed by atoms with Crippen molar-refractivity contribution in [2.75, 3.05) is 20.1 Å². The fourth-order valence-corrected chi connectivity index (χ4v) is 5.73. The largest absolute Gasteiger partial charge is 0.444 e. The number of nitrogens with one attached hydrogen (secondary N) is 3. The van der Waals surface area contributed by atoms with Crippen LogP contribution in [0.4, 0.5) is 4.79 Å². The molecule has 0 aliphatic carbocycles. The molecule has 1 heterocycles. The molecule has 3 rings (SSSR count). The Kier molecular flexibility index (Phi) is 13.4. The molecule has 4 atom stereocenters. The highest BCUT2D eigenvalue weighted by atomic mass is 16.6. The summed E-state index contributed by atoms with van der Waals surface area (Å²) in [6, 6.07) is 16.6. The standard InChI is InChI=1S/C36H54N4O5/c1-24(2)32(34(43)40-19-17-29(37-7)18-20-40)39-33(42)28(21-27-15-13-25(3)14-16-27)23-31(41)30(22-26-11-9-8-10-12-26)38-35(44)45-36(4,5)6/h8-16,24,28-32,37,41H,17-23H2,1-7H3,(H,38,44)(H,39,42)/t28-,30+,31+,32+/m1/s1. The van der Waals surface area contributed by atoms with Crippen LogP contribution in [-0.2, 0) is 27.2 Å². The maximum absolute atomic E-state index is 14.0. The van der Waals surface area contributed by atoms with Gasteiger partial charge in [-0.25, -0.2) is 4.79 Å². The van der Waals surface area contributed by atoms with Crippen molar-refractivity contribution in [3.05, 3.63) is 71.3 Å². The summed E-state index contributed by atoms with van der Waals surface area (Å²) < 4.78 is 5.51. The minimum absolute atomic E-state index is 0.0731. The van der Waals surface area contributed by atoms with E-state index in [1.54, 1.807) is 20.8 Å². The summed E-state index contributed by atoms with van der Waals surface area (Å²) in [7, 11) is 1.94. The second kappa shape index (κ2) is 16.8. The first-order valence-corrected chi connectivity index (χ1v) is 16.3. The summed E-state index contributed by atoms with van der Waals surface area (Å²) >= 11 is 0. The van der Waals surface area contributed by atoms with Crippen LogP contribution in [0.2, 0.25) is 0 Å². The number of carbonyl (C=O) groups excluding carboxylic acids is 3. The Hall–Kier alpha value is -3.43. The molecule has 9 heteroatoms. The lowest BCUT2D eigenvalue weighted by atomic mass is 9.88. The van der Waals surface area contributed by atoms with Gasteiger partial charge in [-0.1, -0.05) is 74.0 Å². The molecule has 0 radical (unpaired) electrons. The zero-order valence-electron chi connectivity index (χ0n) is 28.1. The van der Waals surface area contributed by atoms with Crippen LogP contribution in [0.15, 0.2) is 54.6 Å². The predicted molar refractivity (Wildman–Crippen MR) is 178 cm³/mol. The summed E-state index contributed by atoms with van der Waals surface area (Å²) in [5, 5.41) is 20.8. The Bertz CT molecular complexity index is 1220. The molecular formula is C36H54N4O5.